The molecule has 0 unspecified atom stereocenters. The maximum absolute atomic E-state index is 5.82. The Morgan fingerprint density at radius 1 is 0.842 bits per heavy atom. The van der Waals surface area contributed by atoms with E-state index in [2.05, 4.69) is 34.8 Å². The maximum atomic E-state index is 5.82. The van der Waals surface area contributed by atoms with Gasteiger partial charge in [0.1, 0.15) is 0 Å². The Kier molecular flexibility index (Phi) is 3.25. The first-order valence-corrected chi connectivity index (χ1v) is 6.78. The number of nitrogens with two attached hydrogens (primary N) is 1. The predicted molar refractivity (Wildman–Crippen MR) is 82.0 cm³/mol. The lowest BCUT2D eigenvalue weighted by Gasteiger charge is -2.19. The fourth-order valence-electron chi connectivity index (χ4n) is 1.93. The summed E-state index contributed by atoms with van der Waals surface area (Å²) < 4.78 is 0. The molecule has 0 saturated carbocycles. The highest BCUT2D eigenvalue weighted by molar-refractivity contribution is 8.21. The normalized spacial score (nSPS) is 14.8. The topological polar surface area (TPSA) is 50.4 Å². The molecule has 1 heterocycles. The number of hydrogen-bond acceptors (Lipinski definition) is 4. The fraction of sp³-hybridized carbons (Fsp3) is 0. The molecule has 0 aromatic heterocycles. The van der Waals surface area contributed by atoms with E-state index >= 15 is 0 Å². The van der Waals surface area contributed by atoms with Crippen molar-refractivity contribution in [2.24, 2.45) is 10.8 Å². The Balaban J connectivity index is 2.11. The van der Waals surface area contributed by atoms with Gasteiger partial charge in [0.15, 0.2) is 5.17 Å². The van der Waals surface area contributed by atoms with Crippen molar-refractivity contribution in [3.63, 3.8) is 0 Å². The molecule has 0 aliphatic carbocycles. The summed E-state index contributed by atoms with van der Waals surface area (Å²) in [7, 11) is 0. The van der Waals surface area contributed by atoms with Gasteiger partial charge in [-0.15, -0.1) is 0 Å². The summed E-state index contributed by atoms with van der Waals surface area (Å²) in [6, 6.07) is 20.3. The number of rotatable bonds is 2. The smallest absolute Gasteiger partial charge is 0.183 e. The van der Waals surface area contributed by atoms with Gasteiger partial charge >= 0.3 is 0 Å². The molecule has 0 saturated heterocycles. The van der Waals surface area contributed by atoms with Crippen LogP contribution in [0.4, 0.5) is 0 Å². The Hall–Kier alpha value is -2.20. The number of amidine groups is 1. The molecule has 94 valence electrons. The molecule has 3 nitrogen and oxygen atoms in total. The van der Waals surface area contributed by atoms with Crippen LogP contribution < -0.4 is 11.2 Å². The molecule has 1 aliphatic heterocycles. The van der Waals surface area contributed by atoms with Gasteiger partial charge in [0, 0.05) is 10.5 Å². The molecule has 4 heteroatoms. The summed E-state index contributed by atoms with van der Waals surface area (Å²) in [6.45, 7) is 0. The van der Waals surface area contributed by atoms with Crippen molar-refractivity contribution in [1.82, 2.24) is 5.43 Å². The van der Waals surface area contributed by atoms with E-state index in [1.54, 1.807) is 0 Å². The summed E-state index contributed by atoms with van der Waals surface area (Å²) in [6.07, 6.45) is 0. The van der Waals surface area contributed by atoms with Gasteiger partial charge in [0.05, 0.1) is 5.70 Å². The van der Waals surface area contributed by atoms with Gasteiger partial charge in [0.25, 0.3) is 0 Å². The quantitative estimate of drug-likeness (QED) is 0.879. The molecule has 0 amide bonds. The van der Waals surface area contributed by atoms with Crippen LogP contribution >= 0.6 is 11.8 Å². The number of benzene rings is 2. The lowest BCUT2D eigenvalue weighted by atomic mass is 10.1. The van der Waals surface area contributed by atoms with Crippen LogP contribution in [0.5, 0.6) is 0 Å². The standard InChI is InChI=1S/C15H13N3S/c16-15-18-17-13(11-7-3-1-4-8-11)14(19-15)12-9-5-2-6-10-12/h1-10,17H,(H2,16,18). The molecule has 3 rings (SSSR count). The van der Waals surface area contributed by atoms with E-state index in [0.717, 1.165) is 21.7 Å². The minimum Gasteiger partial charge on any atom is -0.377 e. The van der Waals surface area contributed by atoms with Crippen LogP contribution in [-0.4, -0.2) is 5.17 Å². The first-order valence-electron chi connectivity index (χ1n) is 5.97. The van der Waals surface area contributed by atoms with Crippen LogP contribution in [0.1, 0.15) is 11.1 Å². The van der Waals surface area contributed by atoms with E-state index in [-0.39, 0.29) is 0 Å². The summed E-state index contributed by atoms with van der Waals surface area (Å²) >= 11 is 1.49. The Morgan fingerprint density at radius 2 is 1.42 bits per heavy atom. The van der Waals surface area contributed by atoms with Gasteiger partial charge in [-0.3, -0.25) is 5.43 Å². The van der Waals surface area contributed by atoms with Gasteiger partial charge in [-0.2, -0.15) is 5.10 Å². The Bertz CT molecular complexity index is 633. The monoisotopic (exact) mass is 267 g/mol. The molecular weight excluding hydrogens is 254 g/mol. The van der Waals surface area contributed by atoms with Crippen LogP contribution in [0.3, 0.4) is 0 Å². The highest BCUT2D eigenvalue weighted by atomic mass is 32.2. The lowest BCUT2D eigenvalue weighted by molar-refractivity contribution is 0.994. The van der Waals surface area contributed by atoms with Crippen molar-refractivity contribution in [2.45, 2.75) is 0 Å². The molecule has 0 radical (unpaired) electrons. The highest BCUT2D eigenvalue weighted by Gasteiger charge is 2.17. The maximum Gasteiger partial charge on any atom is 0.183 e. The molecule has 2 aromatic carbocycles. The zero-order valence-corrected chi connectivity index (χ0v) is 11.0. The largest absolute Gasteiger partial charge is 0.377 e. The zero-order chi connectivity index (χ0) is 13.1. The lowest BCUT2D eigenvalue weighted by Crippen LogP contribution is -2.19. The third-order valence-corrected chi connectivity index (χ3v) is 3.75. The summed E-state index contributed by atoms with van der Waals surface area (Å²) in [5.41, 5.74) is 12.1. The summed E-state index contributed by atoms with van der Waals surface area (Å²) in [5.74, 6) is 0. The minimum atomic E-state index is 0.526. The molecule has 0 bridgehead atoms. The van der Waals surface area contributed by atoms with Crippen LogP contribution in [0.2, 0.25) is 0 Å². The van der Waals surface area contributed by atoms with Crippen molar-refractivity contribution in [3.05, 3.63) is 71.8 Å². The molecule has 0 fully saturated rings. The van der Waals surface area contributed by atoms with Crippen molar-refractivity contribution < 1.29 is 0 Å². The number of hydrazone groups is 1. The first-order chi connectivity index (χ1) is 9.34. The number of hydrogen-bond donors (Lipinski definition) is 2. The van der Waals surface area contributed by atoms with Crippen molar-refractivity contribution in [1.29, 1.82) is 0 Å². The van der Waals surface area contributed by atoms with Gasteiger partial charge in [0.2, 0.25) is 0 Å². The van der Waals surface area contributed by atoms with Crippen LogP contribution in [0.25, 0.3) is 10.6 Å². The molecule has 3 N–H and O–H groups in total. The van der Waals surface area contributed by atoms with Gasteiger partial charge in [-0.05, 0) is 17.3 Å². The van der Waals surface area contributed by atoms with Crippen molar-refractivity contribution >= 4 is 27.5 Å². The number of nitrogens with zero attached hydrogens (tertiary/aromatic N) is 1. The van der Waals surface area contributed by atoms with Crippen molar-refractivity contribution in [3.8, 4) is 0 Å². The molecule has 0 spiro atoms. The summed E-state index contributed by atoms with van der Waals surface area (Å²) in [5, 5.41) is 4.64. The van der Waals surface area contributed by atoms with Crippen LogP contribution in [0, 0.1) is 0 Å². The highest BCUT2D eigenvalue weighted by Crippen LogP contribution is 2.36. The SMILES string of the molecule is NC1=NNC(c2ccccc2)=C(c2ccccc2)S1. The van der Waals surface area contributed by atoms with E-state index in [1.807, 2.05) is 36.4 Å². The molecule has 1 aliphatic rings. The first kappa shape index (κ1) is 11.9. The average Bonchev–Trinajstić information content (AvgIpc) is 2.49. The average molecular weight is 267 g/mol. The second-order valence-electron chi connectivity index (χ2n) is 4.10. The van der Waals surface area contributed by atoms with E-state index in [4.69, 9.17) is 5.73 Å². The molecule has 0 atom stereocenters. The van der Waals surface area contributed by atoms with E-state index in [0.29, 0.717) is 5.17 Å². The second kappa shape index (κ2) is 5.20. The summed E-state index contributed by atoms with van der Waals surface area (Å²) in [4.78, 5) is 1.10. The van der Waals surface area contributed by atoms with Crippen LogP contribution in [0.15, 0.2) is 65.8 Å². The Morgan fingerprint density at radius 3 is 2.05 bits per heavy atom. The number of nitrogens with one attached hydrogen (secondary N) is 1. The van der Waals surface area contributed by atoms with E-state index < -0.39 is 0 Å². The molecular formula is C15H13N3S. The van der Waals surface area contributed by atoms with E-state index in [9.17, 15) is 0 Å². The fourth-order valence-corrected chi connectivity index (χ4v) is 2.75. The van der Waals surface area contributed by atoms with Gasteiger partial charge in [-0.1, -0.05) is 60.7 Å². The minimum absolute atomic E-state index is 0.526. The van der Waals surface area contributed by atoms with Gasteiger partial charge < -0.3 is 5.73 Å². The molecule has 19 heavy (non-hydrogen) atoms. The zero-order valence-electron chi connectivity index (χ0n) is 10.2. The van der Waals surface area contributed by atoms with Crippen molar-refractivity contribution in [2.75, 3.05) is 0 Å². The molecule has 2 aromatic rings. The third-order valence-electron chi connectivity index (χ3n) is 2.81. The predicted octanol–water partition coefficient (Wildman–Crippen LogP) is 3.08. The third kappa shape index (κ3) is 2.48. The Labute approximate surface area is 116 Å². The van der Waals surface area contributed by atoms with E-state index in [1.165, 1.54) is 11.8 Å². The van der Waals surface area contributed by atoms with Gasteiger partial charge in [-0.25, -0.2) is 0 Å². The van der Waals surface area contributed by atoms with Crippen LogP contribution in [-0.2, 0) is 0 Å². The second-order valence-corrected chi connectivity index (χ2v) is 5.13. The number of thioether (sulfide) groups is 1.